The van der Waals surface area contributed by atoms with Crippen molar-refractivity contribution in [2.45, 2.75) is 27.2 Å². The molecule has 0 aliphatic rings. The first kappa shape index (κ1) is 12.7. The Morgan fingerprint density at radius 2 is 2.08 bits per heavy atom. The number of likely N-dealkylation sites (N-methyl/N-ethyl adjacent to an activating group) is 1. The van der Waals surface area contributed by atoms with E-state index in [4.69, 9.17) is 5.73 Å². The Labute approximate surface area is 82.8 Å². The molecular weight excluding hydrogens is 160 g/mol. The summed E-state index contributed by atoms with van der Waals surface area (Å²) in [7, 11) is 0. The van der Waals surface area contributed by atoms with Gasteiger partial charge in [-0.05, 0) is 25.9 Å². The summed E-state index contributed by atoms with van der Waals surface area (Å²) in [6, 6.07) is 0. The van der Waals surface area contributed by atoms with Crippen LogP contribution in [0.4, 0.5) is 0 Å². The zero-order valence-corrected chi connectivity index (χ0v) is 9.34. The van der Waals surface area contributed by atoms with Gasteiger partial charge in [0, 0.05) is 13.1 Å². The van der Waals surface area contributed by atoms with Crippen LogP contribution in [0.3, 0.4) is 0 Å². The average Bonchev–Trinajstić information content (AvgIpc) is 2.11. The fourth-order valence-electron chi connectivity index (χ4n) is 1.42. The maximum Gasteiger partial charge on any atom is 0.0187 e. The molecule has 0 saturated carbocycles. The lowest BCUT2D eigenvalue weighted by molar-refractivity contribution is 0.258. The van der Waals surface area contributed by atoms with Gasteiger partial charge in [-0.2, -0.15) is 0 Å². The Bertz CT molecular complexity index is 139. The molecule has 2 nitrogen and oxygen atoms in total. The average molecular weight is 184 g/mol. The molecule has 0 bridgehead atoms. The Morgan fingerprint density at radius 1 is 1.46 bits per heavy atom. The summed E-state index contributed by atoms with van der Waals surface area (Å²) in [5, 5.41) is 0. The molecule has 0 amide bonds. The summed E-state index contributed by atoms with van der Waals surface area (Å²) in [4.78, 5) is 2.41. The van der Waals surface area contributed by atoms with Crippen LogP contribution in [-0.4, -0.2) is 31.1 Å². The van der Waals surface area contributed by atoms with E-state index in [2.05, 4.69) is 32.3 Å². The topological polar surface area (TPSA) is 29.3 Å². The molecule has 2 N–H and O–H groups in total. The highest BCUT2D eigenvalue weighted by Crippen LogP contribution is 2.05. The minimum absolute atomic E-state index is 0.638. The molecule has 0 aromatic rings. The van der Waals surface area contributed by atoms with Crippen LogP contribution in [0.2, 0.25) is 0 Å². The Balaban J connectivity index is 3.87. The second-order valence-electron chi connectivity index (χ2n) is 3.79. The van der Waals surface area contributed by atoms with E-state index >= 15 is 0 Å². The highest BCUT2D eigenvalue weighted by atomic mass is 15.1. The second-order valence-corrected chi connectivity index (χ2v) is 3.79. The molecule has 0 spiro atoms. The standard InChI is InChI=1S/C11H24N2/c1-5-11(7-12)9-13(6-2)8-10(3)4/h11H,3,5-9,12H2,1-2,4H3. The molecule has 13 heavy (non-hydrogen) atoms. The fraction of sp³-hybridized carbons (Fsp3) is 0.818. The Kier molecular flexibility index (Phi) is 6.92. The molecule has 78 valence electrons. The number of nitrogens with two attached hydrogens (primary N) is 1. The maximum atomic E-state index is 5.67. The highest BCUT2D eigenvalue weighted by molar-refractivity contribution is 4.91. The lowest BCUT2D eigenvalue weighted by atomic mass is 10.1. The molecule has 0 aromatic heterocycles. The van der Waals surface area contributed by atoms with Gasteiger partial charge in [0.1, 0.15) is 0 Å². The van der Waals surface area contributed by atoms with Crippen molar-refractivity contribution in [3.05, 3.63) is 12.2 Å². The zero-order valence-electron chi connectivity index (χ0n) is 9.34. The van der Waals surface area contributed by atoms with Crippen LogP contribution in [0.1, 0.15) is 27.2 Å². The molecule has 0 fully saturated rings. The molecule has 0 rings (SSSR count). The van der Waals surface area contributed by atoms with Gasteiger partial charge < -0.3 is 5.73 Å². The van der Waals surface area contributed by atoms with Gasteiger partial charge in [0.05, 0.1) is 0 Å². The van der Waals surface area contributed by atoms with E-state index in [1.807, 2.05) is 0 Å². The van der Waals surface area contributed by atoms with E-state index in [9.17, 15) is 0 Å². The van der Waals surface area contributed by atoms with Gasteiger partial charge in [-0.3, -0.25) is 4.90 Å². The first-order valence-electron chi connectivity index (χ1n) is 5.20. The van der Waals surface area contributed by atoms with E-state index in [-0.39, 0.29) is 0 Å². The molecule has 0 heterocycles. The summed E-state index contributed by atoms with van der Waals surface area (Å²) in [5.41, 5.74) is 6.90. The SMILES string of the molecule is C=C(C)CN(CC)CC(CC)CN. The van der Waals surface area contributed by atoms with Crippen molar-refractivity contribution in [1.82, 2.24) is 4.90 Å². The van der Waals surface area contributed by atoms with Gasteiger partial charge in [-0.25, -0.2) is 0 Å². The summed E-state index contributed by atoms with van der Waals surface area (Å²) in [6.45, 7) is 14.4. The summed E-state index contributed by atoms with van der Waals surface area (Å²) in [6.07, 6.45) is 1.17. The lowest BCUT2D eigenvalue weighted by Gasteiger charge is -2.24. The third kappa shape index (κ3) is 5.83. The van der Waals surface area contributed by atoms with Crippen molar-refractivity contribution in [2.24, 2.45) is 11.7 Å². The first-order valence-corrected chi connectivity index (χ1v) is 5.20. The van der Waals surface area contributed by atoms with Crippen molar-refractivity contribution in [2.75, 3.05) is 26.2 Å². The van der Waals surface area contributed by atoms with Crippen molar-refractivity contribution in [3.8, 4) is 0 Å². The van der Waals surface area contributed by atoms with Gasteiger partial charge >= 0.3 is 0 Å². The van der Waals surface area contributed by atoms with Crippen molar-refractivity contribution in [3.63, 3.8) is 0 Å². The van der Waals surface area contributed by atoms with Gasteiger partial charge in [0.25, 0.3) is 0 Å². The summed E-state index contributed by atoms with van der Waals surface area (Å²) >= 11 is 0. The van der Waals surface area contributed by atoms with Crippen LogP contribution in [0, 0.1) is 5.92 Å². The first-order chi connectivity index (χ1) is 6.13. The van der Waals surface area contributed by atoms with E-state index in [0.717, 1.165) is 26.2 Å². The van der Waals surface area contributed by atoms with Crippen LogP contribution in [0.5, 0.6) is 0 Å². The van der Waals surface area contributed by atoms with Crippen molar-refractivity contribution < 1.29 is 0 Å². The molecule has 0 radical (unpaired) electrons. The van der Waals surface area contributed by atoms with Crippen LogP contribution in [0.25, 0.3) is 0 Å². The zero-order chi connectivity index (χ0) is 10.3. The molecule has 1 unspecified atom stereocenters. The summed E-state index contributed by atoms with van der Waals surface area (Å²) in [5.74, 6) is 0.638. The van der Waals surface area contributed by atoms with E-state index < -0.39 is 0 Å². The van der Waals surface area contributed by atoms with Gasteiger partial charge in [-0.1, -0.05) is 32.4 Å². The minimum Gasteiger partial charge on any atom is -0.330 e. The van der Waals surface area contributed by atoms with Gasteiger partial charge in [-0.15, -0.1) is 0 Å². The van der Waals surface area contributed by atoms with E-state index in [0.29, 0.717) is 5.92 Å². The molecule has 0 saturated heterocycles. The summed E-state index contributed by atoms with van der Waals surface area (Å²) < 4.78 is 0. The quantitative estimate of drug-likeness (QED) is 0.612. The number of hydrogen-bond donors (Lipinski definition) is 1. The minimum atomic E-state index is 0.638. The van der Waals surface area contributed by atoms with Crippen LogP contribution in [0.15, 0.2) is 12.2 Å². The van der Waals surface area contributed by atoms with Crippen LogP contribution < -0.4 is 5.73 Å². The van der Waals surface area contributed by atoms with Crippen molar-refractivity contribution >= 4 is 0 Å². The second kappa shape index (κ2) is 7.10. The van der Waals surface area contributed by atoms with Gasteiger partial charge in [0.2, 0.25) is 0 Å². The van der Waals surface area contributed by atoms with Crippen LogP contribution >= 0.6 is 0 Å². The number of rotatable bonds is 7. The third-order valence-electron chi connectivity index (χ3n) is 2.37. The number of hydrogen-bond acceptors (Lipinski definition) is 2. The normalized spacial score (nSPS) is 13.3. The van der Waals surface area contributed by atoms with Crippen molar-refractivity contribution in [1.29, 1.82) is 0 Å². The largest absolute Gasteiger partial charge is 0.330 e. The lowest BCUT2D eigenvalue weighted by Crippen LogP contribution is -2.33. The molecule has 0 aliphatic heterocycles. The molecule has 2 heteroatoms. The molecular formula is C11H24N2. The maximum absolute atomic E-state index is 5.67. The fourth-order valence-corrected chi connectivity index (χ4v) is 1.42. The molecule has 0 aromatic carbocycles. The smallest absolute Gasteiger partial charge is 0.0187 e. The van der Waals surface area contributed by atoms with E-state index in [1.165, 1.54) is 12.0 Å². The Hall–Kier alpha value is -0.340. The third-order valence-corrected chi connectivity index (χ3v) is 2.37. The molecule has 0 aliphatic carbocycles. The van der Waals surface area contributed by atoms with Gasteiger partial charge in [0.15, 0.2) is 0 Å². The predicted molar refractivity (Wildman–Crippen MR) is 59.8 cm³/mol. The number of nitrogens with zero attached hydrogens (tertiary/aromatic N) is 1. The monoisotopic (exact) mass is 184 g/mol. The Morgan fingerprint density at radius 3 is 2.38 bits per heavy atom. The van der Waals surface area contributed by atoms with Crippen LogP contribution in [-0.2, 0) is 0 Å². The predicted octanol–water partition coefficient (Wildman–Crippen LogP) is 1.87. The highest BCUT2D eigenvalue weighted by Gasteiger charge is 2.09. The molecule has 1 atom stereocenters. The van der Waals surface area contributed by atoms with E-state index in [1.54, 1.807) is 0 Å².